The molecule has 1 aromatic heterocycles. The van der Waals surface area contributed by atoms with Crippen LogP contribution < -0.4 is 4.74 Å². The van der Waals surface area contributed by atoms with Gasteiger partial charge in [-0.1, -0.05) is 23.9 Å². The number of hydrogen-bond acceptors (Lipinski definition) is 9. The molecule has 11 nitrogen and oxygen atoms in total. The van der Waals surface area contributed by atoms with Gasteiger partial charge in [-0.25, -0.2) is 8.42 Å². The summed E-state index contributed by atoms with van der Waals surface area (Å²) < 4.78 is 33.9. The van der Waals surface area contributed by atoms with E-state index in [1.54, 1.807) is 36.3 Å². The largest absolute Gasteiger partial charge is 0.497 e. The summed E-state index contributed by atoms with van der Waals surface area (Å²) >= 11 is 1.20. The summed E-state index contributed by atoms with van der Waals surface area (Å²) in [7, 11) is -2.23. The van der Waals surface area contributed by atoms with Gasteiger partial charge in [-0.2, -0.15) is 14.2 Å². The Kier molecular flexibility index (Phi) is 7.11. The molecule has 0 radical (unpaired) electrons. The summed E-state index contributed by atoms with van der Waals surface area (Å²) in [5, 5.41) is 21.4. The normalized spacial score (nSPS) is 14.5. The first-order chi connectivity index (χ1) is 16.4. The first-order valence-electron chi connectivity index (χ1n) is 10.3. The molecule has 1 aliphatic heterocycles. The Balaban J connectivity index is 1.35. The van der Waals surface area contributed by atoms with Crippen molar-refractivity contribution in [3.8, 4) is 17.5 Å². The van der Waals surface area contributed by atoms with Crippen LogP contribution in [0.3, 0.4) is 0 Å². The van der Waals surface area contributed by atoms with Crippen molar-refractivity contribution in [2.24, 2.45) is 0 Å². The highest BCUT2D eigenvalue weighted by Gasteiger charge is 2.31. The number of ether oxygens (including phenoxy) is 1. The second-order valence-corrected chi connectivity index (χ2v) is 10.1. The van der Waals surface area contributed by atoms with Gasteiger partial charge in [0.2, 0.25) is 21.1 Å². The number of piperazine rings is 1. The van der Waals surface area contributed by atoms with Gasteiger partial charge >= 0.3 is 0 Å². The number of thioether (sulfide) groups is 1. The van der Waals surface area contributed by atoms with Gasteiger partial charge in [0.25, 0.3) is 0 Å². The number of aromatic nitrogens is 4. The van der Waals surface area contributed by atoms with Crippen LogP contribution in [0, 0.1) is 11.3 Å². The molecule has 0 aliphatic carbocycles. The lowest BCUT2D eigenvalue weighted by atomic mass is 10.2. The molecule has 1 fully saturated rings. The lowest BCUT2D eigenvalue weighted by molar-refractivity contribution is -0.129. The monoisotopic (exact) mass is 499 g/mol. The molecule has 0 spiro atoms. The molecule has 0 unspecified atom stereocenters. The fourth-order valence-corrected chi connectivity index (χ4v) is 5.83. The zero-order valence-corrected chi connectivity index (χ0v) is 19.9. The number of amides is 1. The van der Waals surface area contributed by atoms with Crippen LogP contribution in [0.2, 0.25) is 0 Å². The Labute approximate surface area is 201 Å². The third-order valence-corrected chi connectivity index (χ3v) is 8.16. The molecule has 2 aromatic carbocycles. The third kappa shape index (κ3) is 4.89. The van der Waals surface area contributed by atoms with Gasteiger partial charge in [-0.15, -0.1) is 5.10 Å². The number of nitrogens with zero attached hydrogens (tertiary/aromatic N) is 7. The maximum atomic E-state index is 13.0. The molecule has 1 amide bonds. The number of benzene rings is 2. The van der Waals surface area contributed by atoms with Crippen molar-refractivity contribution in [3.63, 3.8) is 0 Å². The third-order valence-electron chi connectivity index (χ3n) is 5.30. The van der Waals surface area contributed by atoms with Gasteiger partial charge in [-0.3, -0.25) is 4.79 Å². The number of methoxy groups -OCH3 is 1. The highest BCUT2D eigenvalue weighted by Crippen LogP contribution is 2.23. The lowest BCUT2D eigenvalue weighted by Gasteiger charge is -2.34. The van der Waals surface area contributed by atoms with E-state index in [4.69, 9.17) is 4.74 Å². The maximum absolute atomic E-state index is 13.0. The molecule has 2 heterocycles. The van der Waals surface area contributed by atoms with Crippen LogP contribution in [-0.4, -0.2) is 82.8 Å². The van der Waals surface area contributed by atoms with Crippen LogP contribution in [-0.2, 0) is 14.8 Å². The van der Waals surface area contributed by atoms with Gasteiger partial charge in [-0.05, 0) is 46.8 Å². The van der Waals surface area contributed by atoms with Crippen molar-refractivity contribution in [2.45, 2.75) is 10.1 Å². The molecule has 3 aromatic rings. The van der Waals surface area contributed by atoms with Gasteiger partial charge < -0.3 is 9.64 Å². The predicted molar refractivity (Wildman–Crippen MR) is 123 cm³/mol. The Morgan fingerprint density at radius 1 is 1.12 bits per heavy atom. The molecular weight excluding hydrogens is 478 g/mol. The molecule has 34 heavy (non-hydrogen) atoms. The molecule has 0 saturated carbocycles. The summed E-state index contributed by atoms with van der Waals surface area (Å²) in [4.78, 5) is 14.4. The highest BCUT2D eigenvalue weighted by molar-refractivity contribution is 7.99. The molecule has 1 saturated heterocycles. The smallest absolute Gasteiger partial charge is 0.244 e. The van der Waals surface area contributed by atoms with Crippen molar-refractivity contribution < 1.29 is 17.9 Å². The number of carbonyl (C=O) groups excluding carboxylic acids is 1. The van der Waals surface area contributed by atoms with E-state index in [2.05, 4.69) is 15.5 Å². The van der Waals surface area contributed by atoms with Crippen molar-refractivity contribution in [1.82, 2.24) is 29.4 Å². The van der Waals surface area contributed by atoms with E-state index in [1.165, 1.54) is 32.9 Å². The van der Waals surface area contributed by atoms with Crippen LogP contribution in [0.15, 0.2) is 58.6 Å². The van der Waals surface area contributed by atoms with Crippen molar-refractivity contribution in [1.29, 1.82) is 5.26 Å². The van der Waals surface area contributed by atoms with Gasteiger partial charge in [0.15, 0.2) is 0 Å². The molecule has 0 atom stereocenters. The van der Waals surface area contributed by atoms with Crippen molar-refractivity contribution in [2.75, 3.05) is 39.0 Å². The maximum Gasteiger partial charge on any atom is 0.244 e. The Hall–Kier alpha value is -3.47. The summed E-state index contributed by atoms with van der Waals surface area (Å²) in [6, 6.07) is 15.2. The van der Waals surface area contributed by atoms with Crippen molar-refractivity contribution in [3.05, 3.63) is 54.1 Å². The minimum atomic E-state index is -3.81. The quantitative estimate of drug-likeness (QED) is 0.439. The number of rotatable bonds is 7. The Morgan fingerprint density at radius 3 is 2.50 bits per heavy atom. The van der Waals surface area contributed by atoms with E-state index in [1.807, 2.05) is 18.2 Å². The molecule has 0 N–H and O–H groups in total. The Morgan fingerprint density at radius 2 is 1.82 bits per heavy atom. The minimum Gasteiger partial charge on any atom is -0.497 e. The van der Waals surface area contributed by atoms with Gasteiger partial charge in [0, 0.05) is 26.2 Å². The number of carbonyl (C=O) groups is 1. The van der Waals surface area contributed by atoms with Crippen LogP contribution in [0.4, 0.5) is 0 Å². The second-order valence-electron chi connectivity index (χ2n) is 7.25. The van der Waals surface area contributed by atoms with Crippen LogP contribution in [0.25, 0.3) is 5.69 Å². The summed E-state index contributed by atoms with van der Waals surface area (Å²) in [5.74, 6) is 0.683. The first-order valence-corrected chi connectivity index (χ1v) is 12.7. The molecular formula is C21H21N7O4S2. The fourth-order valence-electron chi connectivity index (χ4n) is 3.47. The van der Waals surface area contributed by atoms with Crippen LogP contribution in [0.5, 0.6) is 5.75 Å². The average molecular weight is 500 g/mol. The molecule has 176 valence electrons. The van der Waals surface area contributed by atoms with Crippen molar-refractivity contribution >= 4 is 27.7 Å². The van der Waals surface area contributed by atoms with Crippen LogP contribution in [0.1, 0.15) is 5.56 Å². The average Bonchev–Trinajstić information content (AvgIpc) is 3.36. The van der Waals surface area contributed by atoms with E-state index >= 15 is 0 Å². The standard InChI is InChI=1S/C21H21N7O4S2/c1-32-18-8-6-17(7-9-18)28-21(23-24-25-28)33-15-20(29)26-10-12-27(13-11-26)34(30,31)19-5-3-2-4-16(19)14-22/h2-9H,10-13,15H2,1H3. The highest BCUT2D eigenvalue weighted by atomic mass is 32.2. The van der Waals surface area contributed by atoms with E-state index < -0.39 is 10.0 Å². The van der Waals surface area contributed by atoms with Gasteiger partial charge in [0.05, 0.1) is 29.0 Å². The summed E-state index contributed by atoms with van der Waals surface area (Å²) in [5.41, 5.74) is 0.837. The fraction of sp³-hybridized carbons (Fsp3) is 0.286. The van der Waals surface area contributed by atoms with E-state index in [0.717, 1.165) is 5.69 Å². The second kappa shape index (κ2) is 10.2. The molecule has 1 aliphatic rings. The SMILES string of the molecule is COc1ccc(-n2nnnc2SCC(=O)N2CCN(S(=O)(=O)c3ccccc3C#N)CC2)cc1. The summed E-state index contributed by atoms with van der Waals surface area (Å²) in [6.07, 6.45) is 0. The predicted octanol–water partition coefficient (Wildman–Crippen LogP) is 1.17. The molecule has 0 bridgehead atoms. The summed E-state index contributed by atoms with van der Waals surface area (Å²) in [6.45, 7) is 0.831. The number of sulfonamides is 1. The van der Waals surface area contributed by atoms with Crippen LogP contribution >= 0.6 is 11.8 Å². The Bertz CT molecular complexity index is 1310. The number of hydrogen-bond donors (Lipinski definition) is 0. The number of nitriles is 1. The lowest BCUT2D eigenvalue weighted by Crippen LogP contribution is -2.51. The minimum absolute atomic E-state index is 0.0156. The zero-order chi connectivity index (χ0) is 24.1. The first kappa shape index (κ1) is 23.7. The molecule has 13 heteroatoms. The van der Waals surface area contributed by atoms with E-state index in [-0.39, 0.29) is 48.3 Å². The van der Waals surface area contributed by atoms with E-state index in [9.17, 15) is 18.5 Å². The van der Waals surface area contributed by atoms with Gasteiger partial charge in [0.1, 0.15) is 11.8 Å². The van der Waals surface area contributed by atoms with E-state index in [0.29, 0.717) is 10.9 Å². The zero-order valence-electron chi connectivity index (χ0n) is 18.2. The molecule has 4 rings (SSSR count). The topological polar surface area (TPSA) is 134 Å². The number of tetrazole rings is 1.